The van der Waals surface area contributed by atoms with E-state index in [9.17, 15) is 43.9 Å². The monoisotopic (exact) mass is 742 g/mol. The van der Waals surface area contributed by atoms with E-state index in [4.69, 9.17) is 16.0 Å². The summed E-state index contributed by atoms with van der Waals surface area (Å²) >= 11 is 0. The van der Waals surface area contributed by atoms with Gasteiger partial charge in [-0.2, -0.15) is 40.6 Å². The van der Waals surface area contributed by atoms with E-state index in [1.807, 2.05) is 0 Å². The summed E-state index contributed by atoms with van der Waals surface area (Å²) in [6.45, 7) is 0. The maximum Gasteiger partial charge on any atom is 0.296 e. The number of anilines is 3. The molecule has 3 aromatic rings. The fourth-order valence-electron chi connectivity index (χ4n) is 4.38. The maximum atomic E-state index is 13.6. The third kappa shape index (κ3) is 7.70. The van der Waals surface area contributed by atoms with Crippen LogP contribution in [0.4, 0.5) is 28.4 Å². The molecule has 0 saturated heterocycles. The second-order valence-corrected chi connectivity index (χ2v) is 14.4. The van der Waals surface area contributed by atoms with Crippen LogP contribution in [-0.2, 0) is 35.1 Å². The molecule has 19 nitrogen and oxygen atoms in total. The van der Waals surface area contributed by atoms with Gasteiger partial charge in [-0.15, -0.1) is 5.11 Å². The first-order valence-corrected chi connectivity index (χ1v) is 17.8. The van der Waals surface area contributed by atoms with Crippen molar-refractivity contribution in [1.29, 1.82) is 0 Å². The maximum absolute atomic E-state index is 13.6. The Labute approximate surface area is 282 Å². The Bertz CT molecular complexity index is 2490. The number of nitrogens with zero attached hydrogens (tertiary/aromatic N) is 4. The van der Waals surface area contributed by atoms with Gasteiger partial charge in [0.25, 0.3) is 30.4 Å². The number of ketones is 2. The van der Waals surface area contributed by atoms with E-state index in [2.05, 4.69) is 31.3 Å². The summed E-state index contributed by atoms with van der Waals surface area (Å²) in [6, 6.07) is 10.7. The Morgan fingerprint density at radius 1 is 0.680 bits per heavy atom. The molecule has 3 aromatic carbocycles. The molecule has 0 aliphatic heterocycles. The topological polar surface area (TPSA) is 323 Å². The molecule has 2 aliphatic carbocycles. The Morgan fingerprint density at radius 2 is 1.28 bits per heavy atom. The lowest BCUT2D eigenvalue weighted by Crippen LogP contribution is -2.28. The molecule has 0 radical (unpaired) electrons. The van der Waals surface area contributed by atoms with Crippen LogP contribution in [0.2, 0.25) is 0 Å². The molecular weight excluding hydrogens is 721 g/mol. The fourth-order valence-corrected chi connectivity index (χ4v) is 6.19. The molecule has 0 unspecified atom stereocenters. The lowest BCUT2D eigenvalue weighted by atomic mass is 9.92. The molecule has 258 valence electrons. The number of hydrogen-bond acceptors (Lipinski definition) is 16. The zero-order chi connectivity index (χ0) is 36.6. The second kappa shape index (κ2) is 13.2. The van der Waals surface area contributed by atoms with Crippen LogP contribution >= 0.6 is 0 Å². The van der Waals surface area contributed by atoms with Gasteiger partial charge in [0, 0.05) is 11.8 Å². The van der Waals surface area contributed by atoms with Gasteiger partial charge < -0.3 is 11.5 Å². The van der Waals surface area contributed by atoms with Crippen molar-refractivity contribution in [3.8, 4) is 0 Å². The van der Waals surface area contributed by atoms with Crippen LogP contribution in [0.15, 0.2) is 114 Å². The minimum absolute atomic E-state index is 0.0117. The van der Waals surface area contributed by atoms with Crippen LogP contribution in [0.1, 0.15) is 15.9 Å². The van der Waals surface area contributed by atoms with E-state index in [0.29, 0.717) is 17.8 Å². The number of hydrogen-bond donors (Lipinski definition) is 7. The number of fused-ring (bicyclic) bond motifs is 1. The minimum atomic E-state index is -5.20. The predicted octanol–water partition coefficient (Wildman–Crippen LogP) is 2.82. The molecule has 50 heavy (non-hydrogen) atoms. The summed E-state index contributed by atoms with van der Waals surface area (Å²) in [5.74, 6) is -1.64. The van der Waals surface area contributed by atoms with Gasteiger partial charge in [0.2, 0.25) is 11.6 Å². The Balaban J connectivity index is 1.50. The molecule has 0 amide bonds. The van der Waals surface area contributed by atoms with Crippen molar-refractivity contribution in [3.63, 3.8) is 0 Å². The molecule has 0 heterocycles. The average Bonchev–Trinajstić information content (AvgIpc) is 3.02. The molecule has 0 fully saturated rings. The van der Waals surface area contributed by atoms with Gasteiger partial charge in [0.1, 0.15) is 21.2 Å². The number of benzene rings is 3. The van der Waals surface area contributed by atoms with Crippen LogP contribution in [0.25, 0.3) is 6.08 Å². The van der Waals surface area contributed by atoms with Gasteiger partial charge in [-0.1, -0.05) is 0 Å². The molecule has 0 bridgehead atoms. The minimum Gasteiger partial charge on any atom is -0.399 e. The van der Waals surface area contributed by atoms with Gasteiger partial charge in [-0.3, -0.25) is 34.1 Å². The number of carbonyl (C=O) groups excluding carboxylic acids is 2. The highest BCUT2D eigenvalue weighted by molar-refractivity contribution is 7.91. The summed E-state index contributed by atoms with van der Waals surface area (Å²) in [5.41, 5.74) is 14.4. The van der Waals surface area contributed by atoms with Crippen LogP contribution in [0.3, 0.4) is 0 Å². The fraction of sp³-hybridized carbons (Fsp3) is 0. The molecule has 2 aliphatic rings. The van der Waals surface area contributed by atoms with E-state index in [1.165, 1.54) is 42.5 Å². The van der Waals surface area contributed by atoms with Gasteiger partial charge in [0.05, 0.1) is 33.2 Å². The van der Waals surface area contributed by atoms with Crippen molar-refractivity contribution < 1.29 is 48.5 Å². The Hall–Kier alpha value is -5.91. The van der Waals surface area contributed by atoms with Gasteiger partial charge in [-0.05, 0) is 78.4 Å². The van der Waals surface area contributed by atoms with Crippen molar-refractivity contribution in [2.75, 3.05) is 16.6 Å². The van der Waals surface area contributed by atoms with Crippen LogP contribution in [-0.4, -0.2) is 61.9 Å². The summed E-state index contributed by atoms with van der Waals surface area (Å²) in [4.78, 5) is 23.1. The van der Waals surface area contributed by atoms with E-state index in [0.717, 1.165) is 24.3 Å². The Morgan fingerprint density at radius 3 is 1.84 bits per heavy atom. The van der Waals surface area contributed by atoms with Gasteiger partial charge in [0.15, 0.2) is 5.71 Å². The third-order valence-corrected chi connectivity index (χ3v) is 9.32. The summed E-state index contributed by atoms with van der Waals surface area (Å²) in [5, 5.41) is 15.5. The van der Waals surface area contributed by atoms with E-state index >= 15 is 0 Å². The first-order chi connectivity index (χ1) is 23.3. The van der Waals surface area contributed by atoms with Crippen molar-refractivity contribution in [1.82, 2.24) is 0 Å². The van der Waals surface area contributed by atoms with Gasteiger partial charge in [-0.25, -0.2) is 0 Å². The van der Waals surface area contributed by atoms with Gasteiger partial charge >= 0.3 is 0 Å². The molecule has 0 aromatic heterocycles. The van der Waals surface area contributed by atoms with Crippen LogP contribution in [0.5, 0.6) is 0 Å². The highest BCUT2D eigenvalue weighted by atomic mass is 32.2. The van der Waals surface area contributed by atoms with Crippen LogP contribution < -0.4 is 22.3 Å². The number of rotatable bonds is 9. The quantitative estimate of drug-likeness (QED) is 0.0545. The number of hydrazone groups is 2. The normalized spacial score (nSPS) is 16.8. The summed E-state index contributed by atoms with van der Waals surface area (Å²) in [7, 11) is -14.9. The number of nitrogens with one attached hydrogen (secondary N) is 2. The average molecular weight is 743 g/mol. The molecular formula is C28H22N8O11S3. The SMILES string of the molecule is NC1=CC(=O)/C(=N/Nc2ccc(N=Nc3c(S(=O)(=O)O)cc4c(c3N)C(=O)/C(=N\Nc3ccc(S(=O)(=O)O)cc3)C(S(=O)(=O)O)=C4)cc2)C=C1. The highest BCUT2D eigenvalue weighted by Crippen LogP contribution is 2.41. The summed E-state index contributed by atoms with van der Waals surface area (Å²) < 4.78 is 101. The van der Waals surface area contributed by atoms with Crippen molar-refractivity contribution in [2.24, 2.45) is 26.2 Å². The molecule has 0 saturated carbocycles. The lowest BCUT2D eigenvalue weighted by Gasteiger charge is -2.20. The number of nitrogens with two attached hydrogens (primary N) is 2. The number of nitrogen functional groups attached to an aromatic ring is 1. The van der Waals surface area contributed by atoms with Crippen LogP contribution in [0, 0.1) is 0 Å². The largest absolute Gasteiger partial charge is 0.399 e. The van der Waals surface area contributed by atoms with E-state index in [-0.39, 0.29) is 22.8 Å². The first kappa shape index (κ1) is 35.4. The molecule has 0 atom stereocenters. The first-order valence-electron chi connectivity index (χ1n) is 13.5. The lowest BCUT2D eigenvalue weighted by molar-refractivity contribution is -0.108. The zero-order valence-corrected chi connectivity index (χ0v) is 27.2. The van der Waals surface area contributed by atoms with E-state index < -0.39 is 84.8 Å². The third-order valence-electron chi connectivity index (χ3n) is 6.72. The number of Topliss-reactive ketones (excluding diaryl/α,β-unsaturated/α-hetero) is 1. The van der Waals surface area contributed by atoms with Crippen molar-refractivity contribution in [3.05, 3.63) is 94.6 Å². The molecule has 22 heteroatoms. The molecule has 9 N–H and O–H groups in total. The van der Waals surface area contributed by atoms with Crippen molar-refractivity contribution in [2.45, 2.75) is 9.79 Å². The summed E-state index contributed by atoms with van der Waals surface area (Å²) in [6.07, 6.45) is 4.82. The standard InChI is InChI=1S/C28H22N8O11S3/c29-15-1-10-20(21(37)13-15)34-31-16-2-4-17(5-3-16)32-35-26-22(49(42,43)44)11-14-12-23(50(45,46)47)27(28(38)24(14)25(26)30)36-33-18-6-8-19(9-7-18)48(39,40)41/h1-13,31,33H,29-30H2,(H,39,40,41)(H,42,43,44)(H,45,46,47)/b34-20+,35-32?,36-27-. The predicted molar refractivity (Wildman–Crippen MR) is 180 cm³/mol. The smallest absolute Gasteiger partial charge is 0.296 e. The molecule has 5 rings (SSSR count). The number of carbonyl (C=O) groups is 2. The van der Waals surface area contributed by atoms with Crippen molar-refractivity contribution >= 4 is 87.9 Å². The molecule has 0 spiro atoms. The zero-order valence-electron chi connectivity index (χ0n) is 24.8. The highest BCUT2D eigenvalue weighted by Gasteiger charge is 2.37. The van der Waals surface area contributed by atoms with E-state index in [1.54, 1.807) is 0 Å². The number of allylic oxidation sites excluding steroid dienone is 4. The second-order valence-electron chi connectivity index (χ2n) is 10.2. The Kier molecular flexibility index (Phi) is 9.33. The number of azo groups is 1.